The van der Waals surface area contributed by atoms with Crippen LogP contribution in [0.25, 0.3) is 0 Å². The molecule has 0 amide bonds. The summed E-state index contributed by atoms with van der Waals surface area (Å²) in [6.45, 7) is 2.25. The third kappa shape index (κ3) is 4.18. The van der Waals surface area contributed by atoms with E-state index in [1.807, 2.05) is 11.8 Å². The Morgan fingerprint density at radius 2 is 2.12 bits per heavy atom. The highest BCUT2D eigenvalue weighted by molar-refractivity contribution is 9.10. The van der Waals surface area contributed by atoms with Gasteiger partial charge in [0.2, 0.25) is 0 Å². The van der Waals surface area contributed by atoms with Crippen LogP contribution in [-0.2, 0) is 5.33 Å². The molecule has 0 aliphatic rings. The van der Waals surface area contributed by atoms with Gasteiger partial charge in [-0.15, -0.1) is 0 Å². The molecule has 0 spiro atoms. The van der Waals surface area contributed by atoms with Crippen molar-refractivity contribution in [2.24, 2.45) is 0 Å². The van der Waals surface area contributed by atoms with Crippen molar-refractivity contribution in [2.75, 3.05) is 24.0 Å². The van der Waals surface area contributed by atoms with Crippen LogP contribution >= 0.6 is 43.6 Å². The van der Waals surface area contributed by atoms with Gasteiger partial charge < -0.3 is 4.90 Å². The summed E-state index contributed by atoms with van der Waals surface area (Å²) in [4.78, 5) is 2.40. The maximum absolute atomic E-state index is 3.56. The Labute approximate surface area is 126 Å². The van der Waals surface area contributed by atoms with Gasteiger partial charge in [0.25, 0.3) is 0 Å². The van der Waals surface area contributed by atoms with Crippen molar-refractivity contribution in [1.82, 2.24) is 0 Å². The summed E-state index contributed by atoms with van der Waals surface area (Å²) in [5.41, 5.74) is 2.66. The molecule has 1 nitrogen and oxygen atoms in total. The summed E-state index contributed by atoms with van der Waals surface area (Å²) in [5, 5.41) is 0.898. The smallest absolute Gasteiger partial charge is 0.0418 e. The first-order chi connectivity index (χ1) is 8.13. The van der Waals surface area contributed by atoms with E-state index in [2.05, 4.69) is 75.2 Å². The van der Waals surface area contributed by atoms with Crippen LogP contribution in [0.2, 0.25) is 0 Å². The van der Waals surface area contributed by atoms with Crippen molar-refractivity contribution in [2.45, 2.75) is 24.7 Å². The second-order valence-corrected chi connectivity index (χ2v) is 6.42. The van der Waals surface area contributed by atoms with Gasteiger partial charge in [-0.1, -0.05) is 44.8 Å². The molecule has 1 aromatic carbocycles. The number of thioether (sulfide) groups is 1. The predicted molar refractivity (Wildman–Crippen MR) is 87.6 cm³/mol. The zero-order valence-corrected chi connectivity index (χ0v) is 14.5. The van der Waals surface area contributed by atoms with Crippen LogP contribution in [-0.4, -0.2) is 25.1 Å². The number of benzene rings is 1. The molecule has 0 aromatic heterocycles. The van der Waals surface area contributed by atoms with Crippen molar-refractivity contribution in [3.63, 3.8) is 0 Å². The lowest BCUT2D eigenvalue weighted by Gasteiger charge is -2.30. The van der Waals surface area contributed by atoms with Gasteiger partial charge in [0, 0.05) is 34.3 Å². The number of nitrogens with zero attached hydrogens (tertiary/aromatic N) is 1. The number of rotatable bonds is 6. The van der Waals surface area contributed by atoms with E-state index in [-0.39, 0.29) is 0 Å². The quantitative estimate of drug-likeness (QED) is 0.644. The van der Waals surface area contributed by atoms with Crippen LogP contribution in [0, 0.1) is 0 Å². The molecule has 96 valence electrons. The Kier molecular flexibility index (Phi) is 6.97. The summed E-state index contributed by atoms with van der Waals surface area (Å²) in [6.07, 6.45) is 3.34. The number of alkyl halides is 1. The van der Waals surface area contributed by atoms with Crippen molar-refractivity contribution >= 4 is 49.3 Å². The zero-order valence-electron chi connectivity index (χ0n) is 10.5. The minimum absolute atomic E-state index is 0.595. The lowest BCUT2D eigenvalue weighted by Crippen LogP contribution is -2.33. The highest BCUT2D eigenvalue weighted by atomic mass is 79.9. The van der Waals surface area contributed by atoms with Gasteiger partial charge in [0.1, 0.15) is 0 Å². The van der Waals surface area contributed by atoms with Gasteiger partial charge in [0.05, 0.1) is 0 Å². The molecule has 0 aliphatic carbocycles. The van der Waals surface area contributed by atoms with E-state index < -0.39 is 0 Å². The van der Waals surface area contributed by atoms with Crippen molar-refractivity contribution in [3.8, 4) is 0 Å². The van der Waals surface area contributed by atoms with Crippen molar-refractivity contribution < 1.29 is 0 Å². The Morgan fingerprint density at radius 3 is 2.65 bits per heavy atom. The number of halogens is 2. The molecule has 0 saturated carbocycles. The molecule has 1 aromatic rings. The van der Waals surface area contributed by atoms with Gasteiger partial charge in [-0.25, -0.2) is 0 Å². The molecule has 0 N–H and O–H groups in total. The minimum atomic E-state index is 0.595. The maximum Gasteiger partial charge on any atom is 0.0418 e. The average Bonchev–Trinajstić information content (AvgIpc) is 2.35. The first-order valence-corrected chi connectivity index (χ1v) is 9.01. The number of anilines is 1. The topological polar surface area (TPSA) is 3.24 Å². The molecule has 0 saturated heterocycles. The third-order valence-electron chi connectivity index (χ3n) is 2.95. The maximum atomic E-state index is 3.56. The van der Waals surface area contributed by atoms with E-state index >= 15 is 0 Å². The van der Waals surface area contributed by atoms with Crippen LogP contribution in [0.4, 0.5) is 5.69 Å². The Bertz CT molecular complexity index is 357. The van der Waals surface area contributed by atoms with Gasteiger partial charge in [0.15, 0.2) is 0 Å². The molecule has 0 bridgehead atoms. The SMILES string of the molecule is CCC(CSC)N(C)c1cc(Br)ccc1CBr. The molecule has 1 atom stereocenters. The van der Waals surface area contributed by atoms with E-state index in [4.69, 9.17) is 0 Å². The molecule has 4 heteroatoms. The van der Waals surface area contributed by atoms with Crippen LogP contribution in [0.3, 0.4) is 0 Å². The fraction of sp³-hybridized carbons (Fsp3) is 0.538. The first-order valence-electron chi connectivity index (χ1n) is 5.70. The van der Waals surface area contributed by atoms with E-state index in [1.165, 1.54) is 23.4 Å². The van der Waals surface area contributed by atoms with Gasteiger partial charge in [-0.05, 0) is 30.4 Å². The van der Waals surface area contributed by atoms with E-state index in [1.54, 1.807) is 0 Å². The van der Waals surface area contributed by atoms with Crippen LogP contribution in [0.15, 0.2) is 22.7 Å². The van der Waals surface area contributed by atoms with E-state index in [9.17, 15) is 0 Å². The highest BCUT2D eigenvalue weighted by Gasteiger charge is 2.15. The van der Waals surface area contributed by atoms with Crippen LogP contribution < -0.4 is 4.90 Å². The fourth-order valence-corrected chi connectivity index (χ4v) is 3.54. The molecule has 0 radical (unpaired) electrons. The zero-order chi connectivity index (χ0) is 12.8. The van der Waals surface area contributed by atoms with E-state index in [0.717, 1.165) is 9.80 Å². The lowest BCUT2D eigenvalue weighted by molar-refractivity contribution is 0.671. The molecular formula is C13H19Br2NS. The first kappa shape index (κ1) is 15.4. The lowest BCUT2D eigenvalue weighted by atomic mass is 10.1. The summed E-state index contributed by atoms with van der Waals surface area (Å²) in [5.74, 6) is 1.17. The Hall–Kier alpha value is 0.330. The van der Waals surface area contributed by atoms with Gasteiger partial charge >= 0.3 is 0 Å². The molecule has 17 heavy (non-hydrogen) atoms. The molecule has 1 unspecified atom stereocenters. The molecule has 1 rings (SSSR count). The normalized spacial score (nSPS) is 12.5. The largest absolute Gasteiger partial charge is 0.371 e. The predicted octanol–water partition coefficient (Wildman–Crippen LogP) is 4.92. The summed E-state index contributed by atoms with van der Waals surface area (Å²) < 4.78 is 1.14. The van der Waals surface area contributed by atoms with Crippen LogP contribution in [0.1, 0.15) is 18.9 Å². The number of hydrogen-bond donors (Lipinski definition) is 0. The van der Waals surface area contributed by atoms with Crippen LogP contribution in [0.5, 0.6) is 0 Å². The van der Waals surface area contributed by atoms with Crippen molar-refractivity contribution in [1.29, 1.82) is 0 Å². The third-order valence-corrected chi connectivity index (χ3v) is 4.76. The molecule has 0 aliphatic heterocycles. The highest BCUT2D eigenvalue weighted by Crippen LogP contribution is 2.28. The monoisotopic (exact) mass is 379 g/mol. The summed E-state index contributed by atoms with van der Waals surface area (Å²) in [7, 11) is 2.19. The summed E-state index contributed by atoms with van der Waals surface area (Å²) in [6, 6.07) is 7.08. The minimum Gasteiger partial charge on any atom is -0.371 e. The molecule has 0 heterocycles. The van der Waals surface area contributed by atoms with E-state index in [0.29, 0.717) is 6.04 Å². The second-order valence-electron chi connectivity index (χ2n) is 4.03. The Morgan fingerprint density at radius 1 is 1.41 bits per heavy atom. The second kappa shape index (κ2) is 7.70. The van der Waals surface area contributed by atoms with Gasteiger partial charge in [-0.3, -0.25) is 0 Å². The standard InChI is InChI=1S/C13H19Br2NS/c1-4-12(9-17-3)16(2)13-7-11(15)6-5-10(13)8-14/h5-7,12H,4,8-9H2,1-3H3. The summed E-state index contributed by atoms with van der Waals surface area (Å²) >= 11 is 9.03. The average molecular weight is 381 g/mol. The fourth-order valence-electron chi connectivity index (χ4n) is 1.87. The van der Waals surface area contributed by atoms with Gasteiger partial charge in [-0.2, -0.15) is 11.8 Å². The molecular weight excluding hydrogens is 362 g/mol. The number of hydrogen-bond acceptors (Lipinski definition) is 2. The molecule has 0 fully saturated rings. The Balaban J connectivity index is 2.99. The van der Waals surface area contributed by atoms with Crippen molar-refractivity contribution in [3.05, 3.63) is 28.2 Å².